The lowest BCUT2D eigenvalue weighted by Crippen LogP contribution is -2.26. The fourth-order valence-corrected chi connectivity index (χ4v) is 3.51. The maximum atomic E-state index is 5.65. The molecule has 1 aromatic rings. The van der Waals surface area contributed by atoms with E-state index in [1.807, 2.05) is 6.07 Å². The molecule has 2 rings (SSSR count). The molecule has 1 aliphatic rings. The van der Waals surface area contributed by atoms with Gasteiger partial charge in [0.05, 0.1) is 0 Å². The van der Waals surface area contributed by atoms with Crippen molar-refractivity contribution in [3.05, 3.63) is 28.2 Å². The van der Waals surface area contributed by atoms with Crippen molar-refractivity contribution in [3.8, 4) is 0 Å². The van der Waals surface area contributed by atoms with E-state index in [-0.39, 0.29) is 0 Å². The predicted molar refractivity (Wildman–Crippen MR) is 85.1 cm³/mol. The summed E-state index contributed by atoms with van der Waals surface area (Å²) in [5.74, 6) is 0.829. The number of nitrogens with two attached hydrogens (primary N) is 1. The number of anilines is 1. The lowest BCUT2D eigenvalue weighted by atomic mass is 9.87. The van der Waals surface area contributed by atoms with Crippen LogP contribution in [-0.2, 0) is 0 Å². The molecule has 1 saturated carbocycles. The number of rotatable bonds is 3. The first kappa shape index (κ1) is 13.8. The van der Waals surface area contributed by atoms with Crippen molar-refractivity contribution in [1.29, 1.82) is 0 Å². The first-order chi connectivity index (χ1) is 8.56. The molecule has 0 aliphatic heterocycles. The molecule has 2 unspecified atom stereocenters. The van der Waals surface area contributed by atoms with Gasteiger partial charge in [0.2, 0.25) is 0 Å². The number of nitrogens with one attached hydrogen (secondary N) is 1. The van der Waals surface area contributed by atoms with Crippen LogP contribution in [0.4, 0.5) is 5.69 Å². The van der Waals surface area contributed by atoms with Crippen LogP contribution in [0.15, 0.2) is 22.7 Å². The summed E-state index contributed by atoms with van der Waals surface area (Å²) < 4.78 is 0.962. The molecule has 0 heterocycles. The minimum absolute atomic E-state index is 0.430. The molecule has 1 fully saturated rings. The van der Waals surface area contributed by atoms with Gasteiger partial charge in [0.25, 0.3) is 0 Å². The summed E-state index contributed by atoms with van der Waals surface area (Å²) in [6.07, 6.45) is 5.21. The SMILES string of the molecule is CC1CCCC(Nc2ccc(C(N)=S)c(Br)c2)C1. The zero-order chi connectivity index (χ0) is 13.1. The highest BCUT2D eigenvalue weighted by atomic mass is 79.9. The molecule has 0 spiro atoms. The van der Waals surface area contributed by atoms with Gasteiger partial charge in [-0.1, -0.05) is 32.0 Å². The molecule has 0 bridgehead atoms. The first-order valence-corrected chi connectivity index (χ1v) is 7.62. The lowest BCUT2D eigenvalue weighted by molar-refractivity contribution is 0.358. The Balaban J connectivity index is 2.05. The summed E-state index contributed by atoms with van der Waals surface area (Å²) >= 11 is 8.51. The van der Waals surface area contributed by atoms with E-state index in [9.17, 15) is 0 Å². The molecule has 0 aromatic heterocycles. The maximum absolute atomic E-state index is 5.65. The van der Waals surface area contributed by atoms with Gasteiger partial charge in [0.15, 0.2) is 0 Å². The summed E-state index contributed by atoms with van der Waals surface area (Å²) in [5, 5.41) is 3.60. The standard InChI is InChI=1S/C14H19BrN2S/c1-9-3-2-4-10(7-9)17-11-5-6-12(14(16)18)13(15)8-11/h5-6,8-10,17H,2-4,7H2,1H3,(H2,16,18). The predicted octanol–water partition coefficient (Wildman–Crippen LogP) is 4.07. The van der Waals surface area contributed by atoms with Crippen molar-refractivity contribution in [2.24, 2.45) is 11.7 Å². The van der Waals surface area contributed by atoms with Crippen molar-refractivity contribution in [2.75, 3.05) is 5.32 Å². The van der Waals surface area contributed by atoms with Crippen LogP contribution in [0.3, 0.4) is 0 Å². The second kappa shape index (κ2) is 6.02. The van der Waals surface area contributed by atoms with Gasteiger partial charge in [-0.2, -0.15) is 0 Å². The van der Waals surface area contributed by atoms with E-state index in [0.29, 0.717) is 11.0 Å². The Morgan fingerprint density at radius 3 is 2.83 bits per heavy atom. The van der Waals surface area contributed by atoms with E-state index in [0.717, 1.165) is 21.6 Å². The maximum Gasteiger partial charge on any atom is 0.105 e. The molecule has 4 heteroatoms. The van der Waals surface area contributed by atoms with Crippen LogP contribution < -0.4 is 11.1 Å². The van der Waals surface area contributed by atoms with Crippen LogP contribution in [0.2, 0.25) is 0 Å². The molecule has 0 saturated heterocycles. The van der Waals surface area contributed by atoms with Crippen LogP contribution in [0.1, 0.15) is 38.2 Å². The Bertz CT molecular complexity index is 447. The third-order valence-corrected chi connectivity index (χ3v) is 4.42. The molecule has 18 heavy (non-hydrogen) atoms. The fraction of sp³-hybridized carbons (Fsp3) is 0.500. The number of hydrogen-bond donors (Lipinski definition) is 2. The van der Waals surface area contributed by atoms with Crippen molar-refractivity contribution in [2.45, 2.75) is 38.6 Å². The van der Waals surface area contributed by atoms with Gasteiger partial charge in [0.1, 0.15) is 4.99 Å². The molecule has 0 radical (unpaired) electrons. The summed E-state index contributed by atoms with van der Waals surface area (Å²) in [7, 11) is 0. The second-order valence-corrected chi connectivity index (χ2v) is 6.47. The fourth-order valence-electron chi connectivity index (χ4n) is 2.61. The van der Waals surface area contributed by atoms with Crippen molar-refractivity contribution >= 4 is 38.8 Å². The molecule has 2 nitrogen and oxygen atoms in total. The topological polar surface area (TPSA) is 38.0 Å². The minimum Gasteiger partial charge on any atom is -0.389 e. The smallest absolute Gasteiger partial charge is 0.105 e. The van der Waals surface area contributed by atoms with Crippen LogP contribution in [0.5, 0.6) is 0 Å². The highest BCUT2D eigenvalue weighted by Gasteiger charge is 2.18. The number of halogens is 1. The third kappa shape index (κ3) is 3.45. The van der Waals surface area contributed by atoms with Crippen LogP contribution in [0, 0.1) is 5.92 Å². The van der Waals surface area contributed by atoms with E-state index >= 15 is 0 Å². The normalized spacial score (nSPS) is 23.7. The highest BCUT2D eigenvalue weighted by molar-refractivity contribution is 9.10. The largest absolute Gasteiger partial charge is 0.389 e. The minimum atomic E-state index is 0.430. The van der Waals surface area contributed by atoms with Gasteiger partial charge in [-0.15, -0.1) is 0 Å². The van der Waals surface area contributed by atoms with Crippen LogP contribution >= 0.6 is 28.1 Å². The molecule has 3 N–H and O–H groups in total. The molecule has 2 atom stereocenters. The Hall–Kier alpha value is -0.610. The van der Waals surface area contributed by atoms with Gasteiger partial charge < -0.3 is 11.1 Å². The van der Waals surface area contributed by atoms with E-state index in [4.69, 9.17) is 18.0 Å². The lowest BCUT2D eigenvalue weighted by Gasteiger charge is -2.28. The molecule has 98 valence electrons. The van der Waals surface area contributed by atoms with E-state index in [2.05, 4.69) is 40.3 Å². The molecule has 0 amide bonds. The average Bonchev–Trinajstić information content (AvgIpc) is 2.28. The Kier molecular flexibility index (Phi) is 4.62. The summed E-state index contributed by atoms with van der Waals surface area (Å²) in [5.41, 5.74) is 7.68. The Morgan fingerprint density at radius 2 is 2.22 bits per heavy atom. The summed E-state index contributed by atoms with van der Waals surface area (Å²) in [6, 6.07) is 6.68. The van der Waals surface area contributed by atoms with E-state index in [1.54, 1.807) is 0 Å². The van der Waals surface area contributed by atoms with Crippen molar-refractivity contribution < 1.29 is 0 Å². The third-order valence-electron chi connectivity index (χ3n) is 3.54. The number of hydrogen-bond acceptors (Lipinski definition) is 2. The van der Waals surface area contributed by atoms with Gasteiger partial charge in [-0.25, -0.2) is 0 Å². The Morgan fingerprint density at radius 1 is 1.44 bits per heavy atom. The van der Waals surface area contributed by atoms with Gasteiger partial charge in [-0.3, -0.25) is 0 Å². The Labute approximate surface area is 122 Å². The zero-order valence-electron chi connectivity index (χ0n) is 10.6. The number of benzene rings is 1. The monoisotopic (exact) mass is 326 g/mol. The van der Waals surface area contributed by atoms with Gasteiger partial charge in [-0.05, 0) is 52.9 Å². The molecular formula is C14H19BrN2S. The van der Waals surface area contributed by atoms with Crippen molar-refractivity contribution in [3.63, 3.8) is 0 Å². The summed E-state index contributed by atoms with van der Waals surface area (Å²) in [6.45, 7) is 2.33. The quantitative estimate of drug-likeness (QED) is 0.822. The molecular weight excluding hydrogens is 308 g/mol. The van der Waals surface area contributed by atoms with Gasteiger partial charge in [0, 0.05) is 21.8 Å². The van der Waals surface area contributed by atoms with E-state index < -0.39 is 0 Å². The average molecular weight is 327 g/mol. The molecule has 1 aliphatic carbocycles. The van der Waals surface area contributed by atoms with Crippen LogP contribution in [-0.4, -0.2) is 11.0 Å². The first-order valence-electron chi connectivity index (χ1n) is 6.42. The van der Waals surface area contributed by atoms with Crippen molar-refractivity contribution in [1.82, 2.24) is 0 Å². The van der Waals surface area contributed by atoms with E-state index in [1.165, 1.54) is 25.7 Å². The number of thiocarbonyl (C=S) groups is 1. The second-order valence-electron chi connectivity index (χ2n) is 5.17. The van der Waals surface area contributed by atoms with Gasteiger partial charge >= 0.3 is 0 Å². The van der Waals surface area contributed by atoms with Crippen LogP contribution in [0.25, 0.3) is 0 Å². The zero-order valence-corrected chi connectivity index (χ0v) is 13.0. The summed E-state index contributed by atoms with van der Waals surface area (Å²) in [4.78, 5) is 0.430. The molecule has 1 aromatic carbocycles. The highest BCUT2D eigenvalue weighted by Crippen LogP contribution is 2.28.